The van der Waals surface area contributed by atoms with E-state index in [1.807, 2.05) is 37.3 Å². The largest absolute Gasteiger partial charge is 0.503 e. The first kappa shape index (κ1) is 22.3. The van der Waals surface area contributed by atoms with Crippen molar-refractivity contribution in [2.24, 2.45) is 0 Å². The van der Waals surface area contributed by atoms with E-state index in [1.54, 1.807) is 25.4 Å². The van der Waals surface area contributed by atoms with Crippen LogP contribution in [0.4, 0.5) is 11.4 Å². The van der Waals surface area contributed by atoms with Gasteiger partial charge in [-0.1, -0.05) is 6.07 Å². The molecule has 1 unspecified atom stereocenters. The molecular weight excluding hydrogens is 448 g/mol. The van der Waals surface area contributed by atoms with Crippen molar-refractivity contribution >= 4 is 34.4 Å². The molecule has 1 N–H and O–H groups in total. The zero-order valence-corrected chi connectivity index (χ0v) is 20.0. The average molecular weight is 475 g/mol. The average Bonchev–Trinajstić information content (AvgIpc) is 3.35. The fraction of sp³-hybridized carbons (Fsp3) is 0.308. The Kier molecular flexibility index (Phi) is 5.91. The maximum atomic E-state index is 13.6. The number of thiazole rings is 1. The third-order valence-corrected chi connectivity index (χ3v) is 7.48. The Morgan fingerprint density at radius 2 is 1.76 bits per heavy atom. The lowest BCUT2D eigenvalue weighted by Crippen LogP contribution is -2.31. The van der Waals surface area contributed by atoms with E-state index in [9.17, 15) is 14.7 Å². The molecule has 1 saturated heterocycles. The van der Waals surface area contributed by atoms with Crippen molar-refractivity contribution in [3.8, 4) is 0 Å². The molecule has 2 aliphatic heterocycles. The van der Waals surface area contributed by atoms with Crippen LogP contribution in [0.3, 0.4) is 0 Å². The Morgan fingerprint density at radius 3 is 2.38 bits per heavy atom. The van der Waals surface area contributed by atoms with Crippen LogP contribution in [-0.2, 0) is 4.79 Å². The van der Waals surface area contributed by atoms with Crippen LogP contribution >= 0.6 is 11.3 Å². The van der Waals surface area contributed by atoms with Crippen LogP contribution in [0.15, 0.2) is 60.1 Å². The van der Waals surface area contributed by atoms with Gasteiger partial charge in [-0.2, -0.15) is 0 Å². The maximum Gasteiger partial charge on any atom is 0.294 e. The van der Waals surface area contributed by atoms with Crippen molar-refractivity contribution in [1.82, 2.24) is 9.97 Å². The van der Waals surface area contributed by atoms with Crippen LogP contribution in [-0.4, -0.2) is 39.9 Å². The molecule has 0 spiro atoms. The lowest BCUT2D eigenvalue weighted by Gasteiger charge is -2.30. The van der Waals surface area contributed by atoms with Gasteiger partial charge in [0.15, 0.2) is 5.76 Å². The Hall–Kier alpha value is -3.52. The van der Waals surface area contributed by atoms with Gasteiger partial charge in [-0.05, 0) is 69.0 Å². The number of hydrogen-bond donors (Lipinski definition) is 1. The predicted octanol–water partition coefficient (Wildman–Crippen LogP) is 4.93. The zero-order chi connectivity index (χ0) is 23.8. The molecule has 0 bridgehead atoms. The molecule has 2 aromatic heterocycles. The minimum atomic E-state index is -0.781. The smallest absolute Gasteiger partial charge is 0.294 e. The Balaban J connectivity index is 1.55. The van der Waals surface area contributed by atoms with Gasteiger partial charge < -0.3 is 10.0 Å². The van der Waals surface area contributed by atoms with Crippen LogP contribution in [0.2, 0.25) is 0 Å². The van der Waals surface area contributed by atoms with Gasteiger partial charge in [0.2, 0.25) is 5.78 Å². The van der Waals surface area contributed by atoms with E-state index in [1.165, 1.54) is 35.5 Å². The second-order valence-electron chi connectivity index (χ2n) is 8.67. The van der Waals surface area contributed by atoms with Gasteiger partial charge in [0.25, 0.3) is 5.91 Å². The predicted molar refractivity (Wildman–Crippen MR) is 133 cm³/mol. The van der Waals surface area contributed by atoms with Crippen molar-refractivity contribution in [2.45, 2.75) is 39.2 Å². The molecule has 0 saturated carbocycles. The third kappa shape index (κ3) is 3.88. The van der Waals surface area contributed by atoms with Gasteiger partial charge in [-0.3, -0.25) is 19.5 Å². The highest BCUT2D eigenvalue weighted by Gasteiger charge is 2.45. The van der Waals surface area contributed by atoms with Gasteiger partial charge in [-0.25, -0.2) is 4.98 Å². The summed E-state index contributed by atoms with van der Waals surface area (Å²) >= 11 is 1.27. The van der Waals surface area contributed by atoms with E-state index in [4.69, 9.17) is 0 Å². The van der Waals surface area contributed by atoms with Crippen LogP contribution in [0.5, 0.6) is 0 Å². The highest BCUT2D eigenvalue weighted by atomic mass is 32.1. The van der Waals surface area contributed by atoms with Crippen LogP contribution in [0.25, 0.3) is 0 Å². The number of ketones is 1. The van der Waals surface area contributed by atoms with Gasteiger partial charge in [0.05, 0.1) is 27.2 Å². The number of piperidine rings is 1. The number of aliphatic hydroxyl groups is 1. The standard InChI is InChI=1S/C26H26N4O3S/c1-16-25(34-17(2)28-16)23(31)21-22(18-7-6-12-27-15-18)30(26(33)24(21)32)20-10-8-19(9-11-20)29-13-4-3-5-14-29/h6-12,15,22,32H,3-5,13-14H2,1-2H3. The molecule has 34 heavy (non-hydrogen) atoms. The lowest BCUT2D eigenvalue weighted by atomic mass is 9.96. The molecule has 3 aromatic rings. The number of aliphatic hydroxyl groups excluding tert-OH is 1. The Bertz CT molecular complexity index is 1260. The topological polar surface area (TPSA) is 86.6 Å². The van der Waals surface area contributed by atoms with Crippen molar-refractivity contribution in [1.29, 1.82) is 0 Å². The number of benzene rings is 1. The van der Waals surface area contributed by atoms with E-state index in [-0.39, 0.29) is 11.4 Å². The lowest BCUT2D eigenvalue weighted by molar-refractivity contribution is -0.117. The number of carbonyl (C=O) groups is 2. The monoisotopic (exact) mass is 474 g/mol. The van der Waals surface area contributed by atoms with Crippen LogP contribution < -0.4 is 9.80 Å². The number of amides is 1. The molecule has 0 radical (unpaired) electrons. The molecule has 0 aliphatic carbocycles. The van der Waals surface area contributed by atoms with Gasteiger partial charge >= 0.3 is 0 Å². The first-order chi connectivity index (χ1) is 16.5. The third-order valence-electron chi connectivity index (χ3n) is 6.41. The number of anilines is 2. The van der Waals surface area contributed by atoms with Crippen molar-refractivity contribution in [3.05, 3.63) is 81.3 Å². The van der Waals surface area contributed by atoms with Crippen molar-refractivity contribution < 1.29 is 14.7 Å². The minimum Gasteiger partial charge on any atom is -0.503 e. The molecule has 1 fully saturated rings. The first-order valence-electron chi connectivity index (χ1n) is 11.5. The summed E-state index contributed by atoms with van der Waals surface area (Å²) in [5.41, 5.74) is 3.03. The molecule has 1 amide bonds. The summed E-state index contributed by atoms with van der Waals surface area (Å²) in [6.45, 7) is 5.64. The van der Waals surface area contributed by atoms with E-state index in [0.29, 0.717) is 21.8 Å². The summed E-state index contributed by atoms with van der Waals surface area (Å²) in [6, 6.07) is 10.6. The molecule has 4 heterocycles. The number of carbonyl (C=O) groups excluding carboxylic acids is 2. The van der Waals surface area contributed by atoms with E-state index < -0.39 is 17.7 Å². The molecule has 7 nitrogen and oxygen atoms in total. The van der Waals surface area contributed by atoms with E-state index >= 15 is 0 Å². The number of Topliss-reactive ketones (excluding diaryl/α,β-unsaturated/α-hetero) is 1. The Morgan fingerprint density at radius 1 is 1.06 bits per heavy atom. The summed E-state index contributed by atoms with van der Waals surface area (Å²) in [5.74, 6) is -1.50. The molecule has 1 atom stereocenters. The molecular formula is C26H26N4O3S. The number of pyridine rings is 1. The first-order valence-corrected chi connectivity index (χ1v) is 12.3. The Labute approximate surface area is 202 Å². The molecule has 8 heteroatoms. The van der Waals surface area contributed by atoms with Gasteiger partial charge in [-0.15, -0.1) is 11.3 Å². The molecule has 1 aromatic carbocycles. The number of nitrogens with zero attached hydrogens (tertiary/aromatic N) is 4. The molecule has 5 rings (SSSR count). The normalized spacial score (nSPS) is 18.6. The fourth-order valence-corrected chi connectivity index (χ4v) is 5.67. The summed E-state index contributed by atoms with van der Waals surface area (Å²) in [6.07, 6.45) is 6.87. The highest BCUT2D eigenvalue weighted by molar-refractivity contribution is 7.14. The van der Waals surface area contributed by atoms with E-state index in [0.717, 1.165) is 23.8 Å². The zero-order valence-electron chi connectivity index (χ0n) is 19.2. The summed E-state index contributed by atoms with van der Waals surface area (Å²) < 4.78 is 0. The highest BCUT2D eigenvalue weighted by Crippen LogP contribution is 2.42. The molecule has 174 valence electrons. The second-order valence-corrected chi connectivity index (χ2v) is 9.87. The fourth-order valence-electron chi connectivity index (χ4n) is 4.80. The van der Waals surface area contributed by atoms with Crippen LogP contribution in [0.1, 0.15) is 51.2 Å². The number of hydrogen-bond acceptors (Lipinski definition) is 7. The van der Waals surface area contributed by atoms with Gasteiger partial charge in [0, 0.05) is 36.9 Å². The summed E-state index contributed by atoms with van der Waals surface area (Å²) in [4.78, 5) is 39.8. The second kappa shape index (κ2) is 9.02. The SMILES string of the molecule is Cc1nc(C)c(C(=O)C2=C(O)C(=O)N(c3ccc(N4CCCCC4)cc3)C2c2cccnc2)s1. The van der Waals surface area contributed by atoms with Gasteiger partial charge in [0.1, 0.15) is 0 Å². The molecule has 2 aliphatic rings. The van der Waals surface area contributed by atoms with Crippen molar-refractivity contribution in [2.75, 3.05) is 22.9 Å². The minimum absolute atomic E-state index is 0.0601. The maximum absolute atomic E-state index is 13.6. The van der Waals surface area contributed by atoms with E-state index in [2.05, 4.69) is 14.9 Å². The quantitative estimate of drug-likeness (QED) is 0.528. The summed E-state index contributed by atoms with van der Waals surface area (Å²) in [5, 5.41) is 11.7. The van der Waals surface area contributed by atoms with Crippen molar-refractivity contribution in [3.63, 3.8) is 0 Å². The number of rotatable bonds is 5. The van der Waals surface area contributed by atoms with Crippen LogP contribution in [0, 0.1) is 13.8 Å². The number of aryl methyl sites for hydroxylation is 2. The summed E-state index contributed by atoms with van der Waals surface area (Å²) in [7, 11) is 0. The number of aromatic nitrogens is 2.